The van der Waals surface area contributed by atoms with Crippen LogP contribution in [0.5, 0.6) is 0 Å². The van der Waals surface area contributed by atoms with E-state index in [9.17, 15) is 19.6 Å². The van der Waals surface area contributed by atoms with E-state index in [1.165, 1.54) is 11.5 Å². The summed E-state index contributed by atoms with van der Waals surface area (Å²) in [6, 6.07) is 0. The molecule has 1 fully saturated rings. The zero-order chi connectivity index (χ0) is 19.3. The Balaban J connectivity index is 0.000000446. The maximum atomic E-state index is 10.3. The maximum Gasteiger partial charge on any atom is 0.336 e. The molecule has 0 amide bonds. The second kappa shape index (κ2) is 7.91. The molecule has 0 radical (unpaired) electrons. The Kier molecular flexibility index (Phi) is 7.35. The lowest BCUT2D eigenvalue weighted by atomic mass is 9.69. The fraction of sp³-hybridized carbons (Fsp3) is 0.800. The van der Waals surface area contributed by atoms with Crippen LogP contribution in [0.3, 0.4) is 0 Å². The predicted octanol–water partition coefficient (Wildman–Crippen LogP) is 1.03. The van der Waals surface area contributed by atoms with Gasteiger partial charge in [-0.1, -0.05) is 13.8 Å². The van der Waals surface area contributed by atoms with Crippen LogP contribution in [-0.4, -0.2) is 66.3 Å². The summed E-state index contributed by atoms with van der Waals surface area (Å²) in [5.74, 6) is -5.02. The van der Waals surface area contributed by atoms with Crippen molar-refractivity contribution in [1.29, 1.82) is 0 Å². The average molecular weight is 349 g/mol. The van der Waals surface area contributed by atoms with E-state index < -0.39 is 36.4 Å². The summed E-state index contributed by atoms with van der Waals surface area (Å²) in [5.41, 5.74) is -2.59. The normalized spacial score (nSPS) is 19.8. The van der Waals surface area contributed by atoms with E-state index in [4.69, 9.17) is 20.4 Å². The van der Waals surface area contributed by atoms with E-state index in [0.717, 1.165) is 13.0 Å². The highest BCUT2D eigenvalue weighted by molar-refractivity contribution is 5.88. The third kappa shape index (κ3) is 5.73. The molecule has 9 nitrogen and oxygen atoms in total. The zero-order valence-electron chi connectivity index (χ0n) is 14.4. The first kappa shape index (κ1) is 22.3. The molecule has 1 saturated heterocycles. The number of hydroxylamine groups is 2. The van der Waals surface area contributed by atoms with Gasteiger partial charge in [0.25, 0.3) is 0 Å². The number of carbonyl (C=O) groups is 3. The molecule has 1 aliphatic heterocycles. The van der Waals surface area contributed by atoms with Gasteiger partial charge in [-0.05, 0) is 32.1 Å². The molecule has 0 saturated carbocycles. The first-order chi connectivity index (χ1) is 10.7. The lowest BCUT2D eigenvalue weighted by Crippen LogP contribution is -2.56. The third-order valence-electron chi connectivity index (χ3n) is 4.76. The SMILES string of the molecule is CC1(C)CCCN(O)C1(C)C.O=C(O)CC(O)(CC(=O)O)C(=O)O. The molecular formula is C15H27NO8. The highest BCUT2D eigenvalue weighted by atomic mass is 16.5. The van der Waals surface area contributed by atoms with Gasteiger partial charge >= 0.3 is 17.9 Å². The summed E-state index contributed by atoms with van der Waals surface area (Å²) in [7, 11) is 0. The second-order valence-corrected chi connectivity index (χ2v) is 7.15. The van der Waals surface area contributed by atoms with Crippen LogP contribution in [-0.2, 0) is 14.4 Å². The van der Waals surface area contributed by atoms with Crippen LogP contribution in [0.1, 0.15) is 53.4 Å². The van der Waals surface area contributed by atoms with E-state index in [1.54, 1.807) is 0 Å². The van der Waals surface area contributed by atoms with Crippen LogP contribution in [0.25, 0.3) is 0 Å². The quantitative estimate of drug-likeness (QED) is 0.489. The Labute approximate surface area is 140 Å². The van der Waals surface area contributed by atoms with Gasteiger partial charge in [0.15, 0.2) is 5.60 Å². The van der Waals surface area contributed by atoms with Gasteiger partial charge in [-0.15, -0.1) is 0 Å². The molecule has 9 heteroatoms. The van der Waals surface area contributed by atoms with Gasteiger partial charge in [-0.25, -0.2) is 4.79 Å². The van der Waals surface area contributed by atoms with E-state index in [1.807, 2.05) is 0 Å². The molecule has 1 heterocycles. The fourth-order valence-electron chi connectivity index (χ4n) is 2.32. The molecule has 0 aromatic heterocycles. The molecule has 140 valence electrons. The lowest BCUT2D eigenvalue weighted by Gasteiger charge is -2.50. The van der Waals surface area contributed by atoms with Crippen molar-refractivity contribution in [3.8, 4) is 0 Å². The van der Waals surface area contributed by atoms with E-state index >= 15 is 0 Å². The molecule has 24 heavy (non-hydrogen) atoms. The lowest BCUT2D eigenvalue weighted by molar-refractivity contribution is -0.218. The van der Waals surface area contributed by atoms with E-state index in [2.05, 4.69) is 27.7 Å². The summed E-state index contributed by atoms with van der Waals surface area (Å²) < 4.78 is 0. The van der Waals surface area contributed by atoms with Gasteiger partial charge in [0.2, 0.25) is 0 Å². The summed E-state index contributed by atoms with van der Waals surface area (Å²) in [5, 5.41) is 44.9. The topological polar surface area (TPSA) is 156 Å². The highest BCUT2D eigenvalue weighted by Gasteiger charge is 2.44. The van der Waals surface area contributed by atoms with Crippen molar-refractivity contribution in [2.45, 2.75) is 64.5 Å². The molecule has 0 bridgehead atoms. The Morgan fingerprint density at radius 3 is 1.67 bits per heavy atom. The molecule has 1 aliphatic rings. The van der Waals surface area contributed by atoms with Crippen molar-refractivity contribution in [3.63, 3.8) is 0 Å². The second-order valence-electron chi connectivity index (χ2n) is 7.15. The van der Waals surface area contributed by atoms with Gasteiger partial charge in [0.05, 0.1) is 12.8 Å². The monoisotopic (exact) mass is 349 g/mol. The number of aliphatic carboxylic acids is 3. The van der Waals surface area contributed by atoms with Crippen molar-refractivity contribution in [2.75, 3.05) is 6.54 Å². The van der Waals surface area contributed by atoms with Gasteiger partial charge in [0.1, 0.15) is 0 Å². The number of carboxylic acid groups (broad SMARTS) is 3. The minimum Gasteiger partial charge on any atom is -0.481 e. The van der Waals surface area contributed by atoms with E-state index in [0.29, 0.717) is 0 Å². The minimum absolute atomic E-state index is 0.0781. The van der Waals surface area contributed by atoms with E-state index in [-0.39, 0.29) is 11.0 Å². The smallest absolute Gasteiger partial charge is 0.336 e. The molecule has 0 unspecified atom stereocenters. The first-order valence-electron chi connectivity index (χ1n) is 7.51. The molecule has 0 atom stereocenters. The molecular weight excluding hydrogens is 322 g/mol. The Hall–Kier alpha value is -1.71. The molecule has 0 aromatic rings. The van der Waals surface area contributed by atoms with Gasteiger partial charge < -0.3 is 25.6 Å². The molecule has 0 spiro atoms. The molecule has 5 N–H and O–H groups in total. The standard InChI is InChI=1S/C9H19NO.C6H8O7/c1-8(2)6-5-7-10(11)9(8,3)4;7-3(8)1-6(13,5(11)12)2-4(9)10/h11H,5-7H2,1-4H3;13H,1-2H2,(H,7,8)(H,9,10)(H,11,12). The fourth-order valence-corrected chi connectivity index (χ4v) is 2.32. The first-order valence-corrected chi connectivity index (χ1v) is 7.51. The largest absolute Gasteiger partial charge is 0.481 e. The van der Waals surface area contributed by atoms with Crippen molar-refractivity contribution < 1.29 is 40.0 Å². The zero-order valence-corrected chi connectivity index (χ0v) is 14.4. The summed E-state index contributed by atoms with van der Waals surface area (Å²) in [6.45, 7) is 9.46. The molecule has 0 aliphatic carbocycles. The highest BCUT2D eigenvalue weighted by Crippen LogP contribution is 2.42. The van der Waals surface area contributed by atoms with Gasteiger partial charge in [-0.3, -0.25) is 9.59 Å². The predicted molar refractivity (Wildman–Crippen MR) is 82.7 cm³/mol. The average Bonchev–Trinajstić information content (AvgIpc) is 2.35. The van der Waals surface area contributed by atoms with Crippen molar-refractivity contribution >= 4 is 17.9 Å². The minimum atomic E-state index is -2.74. The van der Waals surface area contributed by atoms with Crippen molar-refractivity contribution in [3.05, 3.63) is 0 Å². The van der Waals surface area contributed by atoms with Crippen LogP contribution in [0, 0.1) is 5.41 Å². The number of hydrogen-bond acceptors (Lipinski definition) is 6. The number of rotatable bonds is 5. The van der Waals surface area contributed by atoms with Crippen LogP contribution in [0.4, 0.5) is 0 Å². The van der Waals surface area contributed by atoms with Crippen LogP contribution in [0.2, 0.25) is 0 Å². The Bertz CT molecular complexity index is 470. The van der Waals surface area contributed by atoms with Crippen LogP contribution >= 0.6 is 0 Å². The van der Waals surface area contributed by atoms with Crippen molar-refractivity contribution in [1.82, 2.24) is 5.06 Å². The Morgan fingerprint density at radius 1 is 1.00 bits per heavy atom. The summed E-state index contributed by atoms with van der Waals surface area (Å²) in [6.07, 6.45) is 0.0211. The maximum absolute atomic E-state index is 10.3. The third-order valence-corrected chi connectivity index (χ3v) is 4.76. The molecule has 0 aromatic carbocycles. The van der Waals surface area contributed by atoms with Crippen LogP contribution < -0.4 is 0 Å². The number of aliphatic hydroxyl groups is 1. The number of carboxylic acids is 3. The summed E-state index contributed by atoms with van der Waals surface area (Å²) >= 11 is 0. The van der Waals surface area contributed by atoms with Gasteiger partial charge in [-0.2, -0.15) is 5.06 Å². The van der Waals surface area contributed by atoms with Crippen LogP contribution in [0.15, 0.2) is 0 Å². The number of nitrogens with zero attached hydrogens (tertiary/aromatic N) is 1. The number of piperidine rings is 1. The van der Waals surface area contributed by atoms with Crippen molar-refractivity contribution in [2.24, 2.45) is 5.41 Å². The molecule has 1 rings (SSSR count). The van der Waals surface area contributed by atoms with Gasteiger partial charge in [0, 0.05) is 12.1 Å². The summed E-state index contributed by atoms with van der Waals surface area (Å²) in [4.78, 5) is 30.5. The number of hydrogen-bond donors (Lipinski definition) is 5. The Morgan fingerprint density at radius 2 is 1.42 bits per heavy atom.